The van der Waals surface area contributed by atoms with Crippen LogP contribution < -0.4 is 10.5 Å². The first kappa shape index (κ1) is 14.6. The topological polar surface area (TPSA) is 35.2 Å². The molecule has 2 aromatic rings. The summed E-state index contributed by atoms with van der Waals surface area (Å²) in [6.07, 6.45) is 3.07. The highest BCUT2D eigenvalue weighted by Crippen LogP contribution is 2.22. The molecule has 0 bridgehead atoms. The van der Waals surface area contributed by atoms with Crippen LogP contribution in [-0.2, 0) is 0 Å². The van der Waals surface area contributed by atoms with Crippen molar-refractivity contribution >= 4 is 0 Å². The molecule has 2 aromatic carbocycles. The summed E-state index contributed by atoms with van der Waals surface area (Å²) in [6, 6.07) is 18.9. The lowest BCUT2D eigenvalue weighted by Crippen LogP contribution is -2.19. The minimum Gasteiger partial charge on any atom is -0.494 e. The van der Waals surface area contributed by atoms with E-state index in [-0.39, 0.29) is 0 Å². The predicted molar refractivity (Wildman–Crippen MR) is 84.9 cm³/mol. The third-order valence-corrected chi connectivity index (χ3v) is 3.47. The molecular formula is C18H23NO. The Labute approximate surface area is 121 Å². The Kier molecular flexibility index (Phi) is 5.63. The van der Waals surface area contributed by atoms with Gasteiger partial charge in [0.05, 0.1) is 6.61 Å². The van der Waals surface area contributed by atoms with Crippen LogP contribution in [0.25, 0.3) is 11.1 Å². The lowest BCUT2D eigenvalue weighted by Gasteiger charge is -2.10. The van der Waals surface area contributed by atoms with Crippen LogP contribution in [0.2, 0.25) is 0 Å². The van der Waals surface area contributed by atoms with E-state index in [9.17, 15) is 0 Å². The van der Waals surface area contributed by atoms with E-state index in [0.717, 1.165) is 31.6 Å². The van der Waals surface area contributed by atoms with Crippen molar-refractivity contribution in [3.05, 3.63) is 54.6 Å². The van der Waals surface area contributed by atoms with E-state index < -0.39 is 0 Å². The minimum absolute atomic E-state index is 0.305. The summed E-state index contributed by atoms with van der Waals surface area (Å²) in [5.41, 5.74) is 8.32. The number of nitrogens with two attached hydrogens (primary N) is 1. The molecule has 2 heteroatoms. The zero-order valence-corrected chi connectivity index (χ0v) is 12.1. The Hall–Kier alpha value is -1.80. The van der Waals surface area contributed by atoms with E-state index in [0.29, 0.717) is 6.04 Å². The number of rotatable bonds is 7. The first-order valence-electron chi connectivity index (χ1n) is 7.33. The standard InChI is InChI=1S/C18H23NO/c1-2-17(19)9-6-14-20-18-12-10-16(11-13-18)15-7-4-3-5-8-15/h3-5,7-8,10-13,17H,2,6,9,14,19H2,1H3. The molecule has 106 valence electrons. The van der Waals surface area contributed by atoms with Crippen molar-refractivity contribution in [3.63, 3.8) is 0 Å². The van der Waals surface area contributed by atoms with Gasteiger partial charge in [0.2, 0.25) is 0 Å². The van der Waals surface area contributed by atoms with Gasteiger partial charge in [-0.1, -0.05) is 49.4 Å². The summed E-state index contributed by atoms with van der Waals surface area (Å²) in [5, 5.41) is 0. The van der Waals surface area contributed by atoms with Crippen LogP contribution in [0.3, 0.4) is 0 Å². The van der Waals surface area contributed by atoms with Crippen LogP contribution in [0.15, 0.2) is 54.6 Å². The molecule has 2 N–H and O–H groups in total. The SMILES string of the molecule is CCC(N)CCCOc1ccc(-c2ccccc2)cc1. The molecule has 0 spiro atoms. The average molecular weight is 269 g/mol. The van der Waals surface area contributed by atoms with Gasteiger partial charge >= 0.3 is 0 Å². The summed E-state index contributed by atoms with van der Waals surface area (Å²) >= 11 is 0. The maximum absolute atomic E-state index is 5.88. The molecule has 1 atom stereocenters. The highest BCUT2D eigenvalue weighted by molar-refractivity contribution is 5.63. The number of hydrogen-bond donors (Lipinski definition) is 1. The maximum atomic E-state index is 5.88. The fourth-order valence-corrected chi connectivity index (χ4v) is 2.11. The largest absolute Gasteiger partial charge is 0.494 e. The highest BCUT2D eigenvalue weighted by Gasteiger charge is 2.00. The molecule has 0 aliphatic carbocycles. The summed E-state index contributed by atoms with van der Waals surface area (Å²) < 4.78 is 5.74. The lowest BCUT2D eigenvalue weighted by molar-refractivity contribution is 0.301. The van der Waals surface area contributed by atoms with E-state index in [1.165, 1.54) is 11.1 Å². The molecule has 0 fully saturated rings. The Morgan fingerprint density at radius 1 is 0.950 bits per heavy atom. The Morgan fingerprint density at radius 2 is 1.60 bits per heavy atom. The zero-order chi connectivity index (χ0) is 14.2. The van der Waals surface area contributed by atoms with Crippen molar-refractivity contribution in [1.29, 1.82) is 0 Å². The van der Waals surface area contributed by atoms with Gasteiger partial charge in [-0.15, -0.1) is 0 Å². The van der Waals surface area contributed by atoms with Crippen LogP contribution in [0.5, 0.6) is 5.75 Å². The molecule has 0 aliphatic heterocycles. The monoisotopic (exact) mass is 269 g/mol. The molecule has 1 unspecified atom stereocenters. The van der Waals surface area contributed by atoms with Gasteiger partial charge in [-0.25, -0.2) is 0 Å². The molecular weight excluding hydrogens is 246 g/mol. The molecule has 0 heterocycles. The van der Waals surface area contributed by atoms with E-state index in [1.54, 1.807) is 0 Å². The van der Waals surface area contributed by atoms with Gasteiger partial charge in [0, 0.05) is 6.04 Å². The summed E-state index contributed by atoms with van der Waals surface area (Å²) in [6.45, 7) is 2.85. The normalized spacial score (nSPS) is 12.1. The molecule has 2 nitrogen and oxygen atoms in total. The fourth-order valence-electron chi connectivity index (χ4n) is 2.11. The van der Waals surface area contributed by atoms with Gasteiger partial charge in [-0.2, -0.15) is 0 Å². The van der Waals surface area contributed by atoms with Gasteiger partial charge in [0.25, 0.3) is 0 Å². The Morgan fingerprint density at radius 3 is 2.25 bits per heavy atom. The Bertz CT molecular complexity index is 493. The molecule has 0 amide bonds. The third-order valence-electron chi connectivity index (χ3n) is 3.47. The van der Waals surface area contributed by atoms with Gasteiger partial charge in [-0.05, 0) is 42.5 Å². The molecule has 0 aliphatic rings. The lowest BCUT2D eigenvalue weighted by atomic mass is 10.1. The summed E-state index contributed by atoms with van der Waals surface area (Å²) in [5.74, 6) is 0.926. The van der Waals surface area contributed by atoms with Crippen LogP contribution in [0, 0.1) is 0 Å². The quantitative estimate of drug-likeness (QED) is 0.763. The third kappa shape index (κ3) is 4.39. The van der Waals surface area contributed by atoms with Crippen molar-refractivity contribution in [2.75, 3.05) is 6.61 Å². The van der Waals surface area contributed by atoms with Crippen LogP contribution in [-0.4, -0.2) is 12.6 Å². The average Bonchev–Trinajstić information content (AvgIpc) is 2.52. The molecule has 20 heavy (non-hydrogen) atoms. The fraction of sp³-hybridized carbons (Fsp3) is 0.333. The van der Waals surface area contributed by atoms with Crippen molar-refractivity contribution in [2.45, 2.75) is 32.2 Å². The number of ether oxygens (including phenoxy) is 1. The van der Waals surface area contributed by atoms with E-state index in [1.807, 2.05) is 18.2 Å². The highest BCUT2D eigenvalue weighted by atomic mass is 16.5. The summed E-state index contributed by atoms with van der Waals surface area (Å²) in [7, 11) is 0. The second-order valence-electron chi connectivity index (χ2n) is 5.05. The van der Waals surface area contributed by atoms with Crippen molar-refractivity contribution in [1.82, 2.24) is 0 Å². The summed E-state index contributed by atoms with van der Waals surface area (Å²) in [4.78, 5) is 0. The predicted octanol–water partition coefficient (Wildman–Crippen LogP) is 4.25. The smallest absolute Gasteiger partial charge is 0.119 e. The van der Waals surface area contributed by atoms with Crippen molar-refractivity contribution in [3.8, 4) is 16.9 Å². The molecule has 0 saturated carbocycles. The van der Waals surface area contributed by atoms with Crippen molar-refractivity contribution < 1.29 is 4.74 Å². The zero-order valence-electron chi connectivity index (χ0n) is 12.1. The number of benzene rings is 2. The van der Waals surface area contributed by atoms with Gasteiger partial charge in [0.15, 0.2) is 0 Å². The van der Waals surface area contributed by atoms with Crippen molar-refractivity contribution in [2.24, 2.45) is 5.73 Å². The van der Waals surface area contributed by atoms with Gasteiger partial charge < -0.3 is 10.5 Å². The first-order valence-corrected chi connectivity index (χ1v) is 7.33. The number of hydrogen-bond acceptors (Lipinski definition) is 2. The second kappa shape index (κ2) is 7.71. The van der Waals surface area contributed by atoms with Crippen LogP contribution in [0.1, 0.15) is 26.2 Å². The van der Waals surface area contributed by atoms with E-state index in [2.05, 4.69) is 43.3 Å². The van der Waals surface area contributed by atoms with Crippen LogP contribution >= 0.6 is 0 Å². The van der Waals surface area contributed by atoms with E-state index in [4.69, 9.17) is 10.5 Å². The molecule has 2 rings (SSSR count). The molecule has 0 saturated heterocycles. The molecule has 0 aromatic heterocycles. The van der Waals surface area contributed by atoms with Gasteiger partial charge in [0.1, 0.15) is 5.75 Å². The minimum atomic E-state index is 0.305. The maximum Gasteiger partial charge on any atom is 0.119 e. The molecule has 0 radical (unpaired) electrons. The Balaban J connectivity index is 1.83. The second-order valence-corrected chi connectivity index (χ2v) is 5.05. The first-order chi connectivity index (χ1) is 9.79. The van der Waals surface area contributed by atoms with Gasteiger partial charge in [-0.3, -0.25) is 0 Å². The van der Waals surface area contributed by atoms with Crippen LogP contribution in [0.4, 0.5) is 0 Å². The van der Waals surface area contributed by atoms with E-state index >= 15 is 0 Å².